The fraction of sp³-hybridized carbons (Fsp3) is 0.300. The van der Waals surface area contributed by atoms with Gasteiger partial charge in [0.25, 0.3) is 11.6 Å². The number of aryl methyl sites for hydroxylation is 2. The van der Waals surface area contributed by atoms with Gasteiger partial charge in [-0.15, -0.1) is 0 Å². The molecule has 28 heavy (non-hydrogen) atoms. The molecule has 0 bridgehead atoms. The molecule has 0 spiro atoms. The van der Waals surface area contributed by atoms with Crippen LogP contribution in [0.1, 0.15) is 34.3 Å². The van der Waals surface area contributed by atoms with Gasteiger partial charge in [-0.3, -0.25) is 19.7 Å². The molecule has 2 aromatic carbocycles. The van der Waals surface area contributed by atoms with Crippen LogP contribution in [0.2, 0.25) is 0 Å². The third-order valence-corrected chi connectivity index (χ3v) is 4.54. The first-order valence-electron chi connectivity index (χ1n) is 9.04. The predicted octanol–water partition coefficient (Wildman–Crippen LogP) is 3.15. The number of carbonyl (C=O) groups excluding carboxylic acids is 2. The van der Waals surface area contributed by atoms with Gasteiger partial charge in [-0.1, -0.05) is 12.1 Å². The van der Waals surface area contributed by atoms with E-state index in [-0.39, 0.29) is 30.1 Å². The lowest BCUT2D eigenvalue weighted by molar-refractivity contribution is -0.385. The van der Waals surface area contributed by atoms with E-state index in [1.807, 2.05) is 13.0 Å². The minimum Gasteiger partial charge on any atom is -0.376 e. The summed E-state index contributed by atoms with van der Waals surface area (Å²) in [5.41, 5.74) is 2.97. The van der Waals surface area contributed by atoms with Gasteiger partial charge in [-0.25, -0.2) is 0 Å². The Kier molecular flexibility index (Phi) is 5.58. The van der Waals surface area contributed by atoms with Gasteiger partial charge in [0, 0.05) is 34.6 Å². The number of hydrogen-bond donors (Lipinski definition) is 3. The Morgan fingerprint density at radius 1 is 1.11 bits per heavy atom. The molecule has 8 nitrogen and oxygen atoms in total. The maximum absolute atomic E-state index is 12.2. The summed E-state index contributed by atoms with van der Waals surface area (Å²) in [6.07, 6.45) is 2.03. The predicted molar refractivity (Wildman–Crippen MR) is 107 cm³/mol. The molecule has 3 N–H and O–H groups in total. The molecule has 1 aliphatic rings. The number of nitrogens with zero attached hydrogens (tertiary/aromatic N) is 1. The topological polar surface area (TPSA) is 113 Å². The fourth-order valence-electron chi connectivity index (χ4n) is 2.71. The zero-order valence-corrected chi connectivity index (χ0v) is 15.7. The molecule has 0 aliphatic heterocycles. The number of amides is 2. The van der Waals surface area contributed by atoms with Crippen molar-refractivity contribution in [1.82, 2.24) is 5.32 Å². The van der Waals surface area contributed by atoms with Gasteiger partial charge in [0.2, 0.25) is 5.91 Å². The normalized spacial score (nSPS) is 12.9. The molecule has 2 aromatic rings. The lowest BCUT2D eigenvalue weighted by Crippen LogP contribution is -2.26. The number of carbonyl (C=O) groups is 2. The van der Waals surface area contributed by atoms with Crippen LogP contribution in [-0.4, -0.2) is 29.3 Å². The molecule has 0 unspecified atom stereocenters. The summed E-state index contributed by atoms with van der Waals surface area (Å²) in [4.78, 5) is 34.9. The Morgan fingerprint density at radius 3 is 2.50 bits per heavy atom. The minimum atomic E-state index is -0.481. The van der Waals surface area contributed by atoms with E-state index in [4.69, 9.17) is 0 Å². The summed E-state index contributed by atoms with van der Waals surface area (Å²) in [6.45, 7) is 3.49. The highest BCUT2D eigenvalue weighted by atomic mass is 16.6. The number of rotatable bonds is 7. The van der Waals surface area contributed by atoms with Crippen molar-refractivity contribution < 1.29 is 14.5 Å². The SMILES string of the molecule is Cc1ccc(C(=O)NC2CC2)cc1NCC(=O)Nc1ccc(C)c([N+](=O)[O-])c1. The number of benzene rings is 2. The zero-order valence-electron chi connectivity index (χ0n) is 15.7. The summed E-state index contributed by atoms with van der Waals surface area (Å²) in [5, 5.41) is 19.6. The van der Waals surface area contributed by atoms with Crippen molar-refractivity contribution in [2.24, 2.45) is 0 Å². The molecule has 1 aliphatic carbocycles. The van der Waals surface area contributed by atoms with E-state index in [9.17, 15) is 19.7 Å². The first kappa shape index (κ1) is 19.3. The van der Waals surface area contributed by atoms with E-state index in [1.54, 1.807) is 31.2 Å². The highest BCUT2D eigenvalue weighted by molar-refractivity contribution is 5.97. The summed E-state index contributed by atoms with van der Waals surface area (Å²) in [5.74, 6) is -0.465. The second kappa shape index (κ2) is 8.08. The number of nitro benzene ring substituents is 1. The molecule has 0 aromatic heterocycles. The first-order chi connectivity index (χ1) is 13.3. The van der Waals surface area contributed by atoms with E-state index in [0.717, 1.165) is 18.4 Å². The maximum Gasteiger partial charge on any atom is 0.274 e. The van der Waals surface area contributed by atoms with Crippen LogP contribution in [0, 0.1) is 24.0 Å². The minimum absolute atomic E-state index is 0.0315. The van der Waals surface area contributed by atoms with E-state index >= 15 is 0 Å². The van der Waals surface area contributed by atoms with Gasteiger partial charge in [0.05, 0.1) is 11.5 Å². The molecule has 1 fully saturated rings. The first-order valence-corrected chi connectivity index (χ1v) is 9.04. The molecule has 3 rings (SSSR count). The van der Waals surface area contributed by atoms with Crippen molar-refractivity contribution in [3.05, 3.63) is 63.2 Å². The van der Waals surface area contributed by atoms with E-state index in [0.29, 0.717) is 22.5 Å². The second-order valence-corrected chi connectivity index (χ2v) is 6.94. The molecule has 146 valence electrons. The molecular formula is C20H22N4O4. The lowest BCUT2D eigenvalue weighted by atomic mass is 10.1. The van der Waals surface area contributed by atoms with Crippen LogP contribution in [0.4, 0.5) is 17.1 Å². The van der Waals surface area contributed by atoms with Crippen LogP contribution in [0.3, 0.4) is 0 Å². The van der Waals surface area contributed by atoms with Crippen molar-refractivity contribution in [1.29, 1.82) is 0 Å². The summed E-state index contributed by atoms with van der Waals surface area (Å²) >= 11 is 0. The molecule has 2 amide bonds. The Labute approximate surface area is 162 Å². The average molecular weight is 382 g/mol. The number of anilines is 2. The van der Waals surface area contributed by atoms with Gasteiger partial charge < -0.3 is 16.0 Å². The molecular weight excluding hydrogens is 360 g/mol. The van der Waals surface area contributed by atoms with Crippen LogP contribution in [0.25, 0.3) is 0 Å². The highest BCUT2D eigenvalue weighted by Gasteiger charge is 2.24. The van der Waals surface area contributed by atoms with Crippen molar-refractivity contribution in [2.75, 3.05) is 17.2 Å². The van der Waals surface area contributed by atoms with Gasteiger partial charge in [0.1, 0.15) is 0 Å². The number of hydrogen-bond acceptors (Lipinski definition) is 5. The van der Waals surface area contributed by atoms with Crippen molar-refractivity contribution in [2.45, 2.75) is 32.7 Å². The van der Waals surface area contributed by atoms with E-state index < -0.39 is 4.92 Å². The Morgan fingerprint density at radius 2 is 1.82 bits per heavy atom. The zero-order chi connectivity index (χ0) is 20.3. The van der Waals surface area contributed by atoms with Crippen molar-refractivity contribution in [3.8, 4) is 0 Å². The van der Waals surface area contributed by atoms with Crippen LogP contribution in [0.5, 0.6) is 0 Å². The molecule has 0 saturated heterocycles. The van der Waals surface area contributed by atoms with Gasteiger partial charge >= 0.3 is 0 Å². The van der Waals surface area contributed by atoms with E-state index in [2.05, 4.69) is 16.0 Å². The van der Waals surface area contributed by atoms with Crippen molar-refractivity contribution in [3.63, 3.8) is 0 Å². The Bertz CT molecular complexity index is 938. The summed E-state index contributed by atoms with van der Waals surface area (Å²) < 4.78 is 0. The quantitative estimate of drug-likeness (QED) is 0.503. The van der Waals surface area contributed by atoms with Crippen LogP contribution >= 0.6 is 0 Å². The molecule has 8 heteroatoms. The number of nitrogens with one attached hydrogen (secondary N) is 3. The standard InChI is InChI=1S/C20H22N4O4/c1-12-3-5-14(20(26)23-15-7-8-15)9-17(12)21-11-19(25)22-16-6-4-13(2)18(10-16)24(27)28/h3-6,9-10,15,21H,7-8,11H2,1-2H3,(H,22,25)(H,23,26). The molecule has 0 atom stereocenters. The maximum atomic E-state index is 12.2. The largest absolute Gasteiger partial charge is 0.376 e. The fourth-order valence-corrected chi connectivity index (χ4v) is 2.71. The summed E-state index contributed by atoms with van der Waals surface area (Å²) in [7, 11) is 0. The number of nitro groups is 1. The third kappa shape index (κ3) is 4.85. The monoisotopic (exact) mass is 382 g/mol. The molecule has 0 radical (unpaired) electrons. The summed E-state index contributed by atoms with van der Waals surface area (Å²) in [6, 6.07) is 10.1. The third-order valence-electron chi connectivity index (χ3n) is 4.54. The van der Waals surface area contributed by atoms with Crippen LogP contribution in [0.15, 0.2) is 36.4 Å². The smallest absolute Gasteiger partial charge is 0.274 e. The van der Waals surface area contributed by atoms with Crippen LogP contribution in [-0.2, 0) is 4.79 Å². The van der Waals surface area contributed by atoms with Gasteiger partial charge in [-0.05, 0) is 50.5 Å². The average Bonchev–Trinajstić information content (AvgIpc) is 3.46. The second-order valence-electron chi connectivity index (χ2n) is 6.94. The Balaban J connectivity index is 1.62. The van der Waals surface area contributed by atoms with Crippen LogP contribution < -0.4 is 16.0 Å². The Hall–Kier alpha value is -3.42. The van der Waals surface area contributed by atoms with E-state index in [1.165, 1.54) is 6.07 Å². The van der Waals surface area contributed by atoms with Gasteiger partial charge in [-0.2, -0.15) is 0 Å². The highest BCUT2D eigenvalue weighted by Crippen LogP contribution is 2.23. The van der Waals surface area contributed by atoms with Crippen molar-refractivity contribution >= 4 is 28.9 Å². The lowest BCUT2D eigenvalue weighted by Gasteiger charge is -2.12. The molecule has 1 saturated carbocycles. The van der Waals surface area contributed by atoms with Gasteiger partial charge in [0.15, 0.2) is 0 Å². The molecule has 0 heterocycles.